The molecule has 16 heavy (non-hydrogen) atoms. The first-order chi connectivity index (χ1) is 7.83. The molecular formula is C11H14N4O. The lowest BCUT2D eigenvalue weighted by Crippen LogP contribution is -2.12. The number of aromatic nitrogens is 4. The Morgan fingerprint density at radius 2 is 2.12 bits per heavy atom. The van der Waals surface area contributed by atoms with Crippen molar-refractivity contribution < 1.29 is 4.74 Å². The molecule has 84 valence electrons. The molecule has 0 saturated heterocycles. The fourth-order valence-electron chi connectivity index (χ4n) is 2.18. The van der Waals surface area contributed by atoms with Crippen LogP contribution in [-0.2, 0) is 0 Å². The van der Waals surface area contributed by atoms with Gasteiger partial charge in [-0.15, -0.1) is 0 Å². The summed E-state index contributed by atoms with van der Waals surface area (Å²) in [4.78, 5) is 15.7. The summed E-state index contributed by atoms with van der Waals surface area (Å²) in [5.41, 5.74) is 1.49. The van der Waals surface area contributed by atoms with Crippen molar-refractivity contribution in [1.29, 1.82) is 0 Å². The third-order valence-corrected chi connectivity index (χ3v) is 2.95. The van der Waals surface area contributed by atoms with Gasteiger partial charge in [-0.2, -0.15) is 4.98 Å². The maximum absolute atomic E-state index is 5.88. The number of hydrogen-bond donors (Lipinski definition) is 1. The van der Waals surface area contributed by atoms with Crippen LogP contribution in [-0.4, -0.2) is 26.0 Å². The van der Waals surface area contributed by atoms with Crippen molar-refractivity contribution in [1.82, 2.24) is 19.9 Å². The van der Waals surface area contributed by atoms with Crippen LogP contribution < -0.4 is 4.74 Å². The molecule has 1 saturated carbocycles. The van der Waals surface area contributed by atoms with Crippen molar-refractivity contribution in [3.05, 3.63) is 12.2 Å². The molecule has 0 amide bonds. The zero-order chi connectivity index (χ0) is 11.0. The molecule has 1 fully saturated rings. The first-order valence-electron chi connectivity index (χ1n) is 5.67. The van der Waals surface area contributed by atoms with Gasteiger partial charge in [0.2, 0.25) is 5.88 Å². The smallest absolute Gasteiger partial charge is 0.243 e. The van der Waals surface area contributed by atoms with E-state index in [-0.39, 0.29) is 0 Å². The summed E-state index contributed by atoms with van der Waals surface area (Å²) in [5.74, 6) is 1.48. The van der Waals surface area contributed by atoms with Crippen LogP contribution in [0, 0.1) is 6.92 Å². The van der Waals surface area contributed by atoms with E-state index >= 15 is 0 Å². The molecule has 0 aliphatic heterocycles. The second-order valence-electron chi connectivity index (χ2n) is 4.22. The van der Waals surface area contributed by atoms with Gasteiger partial charge in [-0.3, -0.25) is 0 Å². The average molecular weight is 218 g/mol. The molecule has 3 rings (SSSR count). The molecule has 1 aliphatic rings. The second-order valence-corrected chi connectivity index (χ2v) is 4.22. The molecule has 2 aromatic rings. The minimum atomic E-state index is 0.307. The number of aromatic amines is 1. The van der Waals surface area contributed by atoms with E-state index in [1.165, 1.54) is 19.2 Å². The zero-order valence-corrected chi connectivity index (χ0v) is 9.23. The monoisotopic (exact) mass is 218 g/mol. The van der Waals surface area contributed by atoms with E-state index in [2.05, 4.69) is 19.9 Å². The highest BCUT2D eigenvalue weighted by Crippen LogP contribution is 2.26. The molecule has 0 aromatic carbocycles. The number of H-pyrrole nitrogens is 1. The van der Waals surface area contributed by atoms with Gasteiger partial charge in [-0.05, 0) is 32.6 Å². The van der Waals surface area contributed by atoms with Crippen LogP contribution in [0.3, 0.4) is 0 Å². The van der Waals surface area contributed by atoms with Crippen LogP contribution >= 0.6 is 0 Å². The Hall–Kier alpha value is -1.65. The van der Waals surface area contributed by atoms with Crippen molar-refractivity contribution >= 4 is 11.2 Å². The number of rotatable bonds is 2. The van der Waals surface area contributed by atoms with E-state index in [1.807, 2.05) is 6.92 Å². The largest absolute Gasteiger partial charge is 0.473 e. The van der Waals surface area contributed by atoms with E-state index in [0.717, 1.165) is 24.2 Å². The number of aryl methyl sites for hydroxylation is 1. The van der Waals surface area contributed by atoms with Gasteiger partial charge in [-0.25, -0.2) is 9.97 Å². The topological polar surface area (TPSA) is 63.7 Å². The molecule has 2 heterocycles. The summed E-state index contributed by atoms with van der Waals surface area (Å²) >= 11 is 0. The van der Waals surface area contributed by atoms with Crippen LogP contribution in [0.1, 0.15) is 31.5 Å². The quantitative estimate of drug-likeness (QED) is 0.837. The summed E-state index contributed by atoms with van der Waals surface area (Å²) in [6.45, 7) is 1.90. The second kappa shape index (κ2) is 3.73. The highest BCUT2D eigenvalue weighted by Gasteiger charge is 2.19. The lowest BCUT2D eigenvalue weighted by molar-refractivity contribution is 0.204. The molecule has 0 spiro atoms. The van der Waals surface area contributed by atoms with Crippen LogP contribution in [0.5, 0.6) is 5.88 Å². The number of ether oxygens (including phenoxy) is 1. The summed E-state index contributed by atoms with van der Waals surface area (Å²) in [5, 5.41) is 0. The number of imidazole rings is 1. The first-order valence-corrected chi connectivity index (χ1v) is 5.67. The van der Waals surface area contributed by atoms with Gasteiger partial charge >= 0.3 is 0 Å². The van der Waals surface area contributed by atoms with E-state index in [0.29, 0.717) is 17.6 Å². The predicted molar refractivity (Wildman–Crippen MR) is 59.3 cm³/mol. The Kier molecular flexibility index (Phi) is 2.23. The van der Waals surface area contributed by atoms with Crippen molar-refractivity contribution in [3.8, 4) is 5.88 Å². The summed E-state index contributed by atoms with van der Waals surface area (Å²) < 4.78 is 5.88. The lowest BCUT2D eigenvalue weighted by Gasteiger charge is -2.11. The normalized spacial score (nSPS) is 17.1. The van der Waals surface area contributed by atoms with Crippen LogP contribution in [0.15, 0.2) is 6.33 Å². The van der Waals surface area contributed by atoms with Gasteiger partial charge < -0.3 is 9.72 Å². The summed E-state index contributed by atoms with van der Waals surface area (Å²) in [7, 11) is 0. The van der Waals surface area contributed by atoms with Crippen molar-refractivity contribution in [2.24, 2.45) is 0 Å². The summed E-state index contributed by atoms with van der Waals surface area (Å²) in [6.07, 6.45) is 6.56. The fourth-order valence-corrected chi connectivity index (χ4v) is 2.18. The van der Waals surface area contributed by atoms with Crippen molar-refractivity contribution in [3.63, 3.8) is 0 Å². The molecule has 0 unspecified atom stereocenters. The standard InChI is InChI=1S/C11H14N4O/c1-7-14-9-10(15-7)12-6-13-11(9)16-8-4-2-3-5-8/h6,8H,2-5H2,1H3,(H,12,13,14,15). The molecule has 5 nitrogen and oxygen atoms in total. The van der Waals surface area contributed by atoms with Gasteiger partial charge in [-0.1, -0.05) is 0 Å². The minimum Gasteiger partial charge on any atom is -0.473 e. The van der Waals surface area contributed by atoms with Crippen LogP contribution in [0.2, 0.25) is 0 Å². The Morgan fingerprint density at radius 1 is 1.31 bits per heavy atom. The number of hydrogen-bond acceptors (Lipinski definition) is 4. The molecule has 1 N–H and O–H groups in total. The molecule has 1 aliphatic carbocycles. The van der Waals surface area contributed by atoms with Crippen molar-refractivity contribution in [2.75, 3.05) is 0 Å². The van der Waals surface area contributed by atoms with E-state index in [1.54, 1.807) is 0 Å². The maximum Gasteiger partial charge on any atom is 0.243 e. The van der Waals surface area contributed by atoms with Gasteiger partial charge in [0, 0.05) is 0 Å². The molecule has 0 atom stereocenters. The average Bonchev–Trinajstić information content (AvgIpc) is 2.86. The van der Waals surface area contributed by atoms with Gasteiger partial charge in [0.1, 0.15) is 23.8 Å². The zero-order valence-electron chi connectivity index (χ0n) is 9.23. The number of nitrogens with zero attached hydrogens (tertiary/aromatic N) is 3. The fraction of sp³-hybridized carbons (Fsp3) is 0.545. The third kappa shape index (κ3) is 1.62. The molecule has 0 bridgehead atoms. The summed E-state index contributed by atoms with van der Waals surface area (Å²) in [6, 6.07) is 0. The third-order valence-electron chi connectivity index (χ3n) is 2.95. The van der Waals surface area contributed by atoms with Crippen LogP contribution in [0.25, 0.3) is 11.2 Å². The molecule has 5 heteroatoms. The molecular weight excluding hydrogens is 204 g/mol. The predicted octanol–water partition coefficient (Wildman–Crippen LogP) is 1.98. The van der Waals surface area contributed by atoms with E-state index < -0.39 is 0 Å². The number of fused-ring (bicyclic) bond motifs is 1. The lowest BCUT2D eigenvalue weighted by atomic mass is 10.3. The van der Waals surface area contributed by atoms with Crippen LogP contribution in [0.4, 0.5) is 0 Å². The highest BCUT2D eigenvalue weighted by molar-refractivity contribution is 5.75. The SMILES string of the molecule is Cc1nc2ncnc(OC3CCCC3)c2[nH]1. The van der Waals surface area contributed by atoms with Gasteiger partial charge in [0.15, 0.2) is 5.65 Å². The Bertz CT molecular complexity index is 502. The van der Waals surface area contributed by atoms with Crippen molar-refractivity contribution in [2.45, 2.75) is 38.7 Å². The number of nitrogens with one attached hydrogen (secondary N) is 1. The Balaban J connectivity index is 1.95. The van der Waals surface area contributed by atoms with Gasteiger partial charge in [0.25, 0.3) is 0 Å². The van der Waals surface area contributed by atoms with Gasteiger partial charge in [0.05, 0.1) is 0 Å². The highest BCUT2D eigenvalue weighted by atomic mass is 16.5. The first kappa shape index (κ1) is 9.57. The van der Waals surface area contributed by atoms with E-state index in [4.69, 9.17) is 4.74 Å². The minimum absolute atomic E-state index is 0.307. The Morgan fingerprint density at radius 3 is 2.94 bits per heavy atom. The molecule has 2 aromatic heterocycles. The van der Waals surface area contributed by atoms with E-state index in [9.17, 15) is 0 Å². The molecule has 0 radical (unpaired) electrons. The maximum atomic E-state index is 5.88. The Labute approximate surface area is 93.3 Å².